The van der Waals surface area contributed by atoms with Crippen LogP contribution >= 0.6 is 0 Å². The van der Waals surface area contributed by atoms with E-state index >= 15 is 0 Å². The molecule has 0 saturated heterocycles. The van der Waals surface area contributed by atoms with Gasteiger partial charge in [0.15, 0.2) is 5.78 Å². The topological polar surface area (TPSA) is 72.2 Å². The highest BCUT2D eigenvalue weighted by atomic mass is 16.2. The lowest BCUT2D eigenvalue weighted by Crippen LogP contribution is -2.44. The zero-order valence-electron chi connectivity index (χ0n) is 6.89. The van der Waals surface area contributed by atoms with Crippen molar-refractivity contribution in [2.75, 3.05) is 6.54 Å². The van der Waals surface area contributed by atoms with Crippen LogP contribution in [0.4, 0.5) is 0 Å². The molecule has 4 heteroatoms. The zero-order valence-corrected chi connectivity index (χ0v) is 6.89. The van der Waals surface area contributed by atoms with Gasteiger partial charge in [-0.05, 0) is 0 Å². The summed E-state index contributed by atoms with van der Waals surface area (Å²) in [6.45, 7) is 3.28. The van der Waals surface area contributed by atoms with E-state index in [4.69, 9.17) is 5.73 Å². The SMILES string of the molecule is CCC(=O)C(CN)NC(C)=O. The lowest BCUT2D eigenvalue weighted by atomic mass is 10.1. The summed E-state index contributed by atoms with van der Waals surface area (Å²) >= 11 is 0. The zero-order chi connectivity index (χ0) is 8.85. The van der Waals surface area contributed by atoms with Crippen LogP contribution in [0.15, 0.2) is 0 Å². The quantitative estimate of drug-likeness (QED) is 0.575. The summed E-state index contributed by atoms with van der Waals surface area (Å²) in [5.74, 6) is -0.245. The van der Waals surface area contributed by atoms with E-state index in [1.165, 1.54) is 6.92 Å². The number of amides is 1. The molecule has 64 valence electrons. The van der Waals surface area contributed by atoms with Crippen LogP contribution in [0.3, 0.4) is 0 Å². The van der Waals surface area contributed by atoms with E-state index in [-0.39, 0.29) is 18.2 Å². The van der Waals surface area contributed by atoms with Crippen molar-refractivity contribution in [2.45, 2.75) is 26.3 Å². The van der Waals surface area contributed by atoms with Crippen molar-refractivity contribution in [1.29, 1.82) is 0 Å². The number of ketones is 1. The molecule has 0 aliphatic rings. The number of Topliss-reactive ketones (excluding diaryl/α,β-unsaturated/α-hetero) is 1. The molecule has 1 atom stereocenters. The third-order valence-corrected chi connectivity index (χ3v) is 1.35. The largest absolute Gasteiger partial charge is 0.345 e. The first-order valence-electron chi connectivity index (χ1n) is 3.61. The Morgan fingerprint density at radius 2 is 2.09 bits per heavy atom. The molecule has 1 unspecified atom stereocenters. The van der Waals surface area contributed by atoms with Gasteiger partial charge >= 0.3 is 0 Å². The fourth-order valence-corrected chi connectivity index (χ4v) is 0.763. The number of carbonyl (C=O) groups excluding carboxylic acids is 2. The number of hydrogen-bond donors (Lipinski definition) is 2. The normalized spacial score (nSPS) is 12.3. The van der Waals surface area contributed by atoms with Crippen LogP contribution in [0.1, 0.15) is 20.3 Å². The molecule has 0 bridgehead atoms. The Labute approximate surface area is 66.1 Å². The molecular formula is C7H14N2O2. The Balaban J connectivity index is 3.94. The monoisotopic (exact) mass is 158 g/mol. The van der Waals surface area contributed by atoms with E-state index in [2.05, 4.69) is 5.32 Å². The van der Waals surface area contributed by atoms with E-state index in [1.54, 1.807) is 6.92 Å². The molecule has 0 fully saturated rings. The molecular weight excluding hydrogens is 144 g/mol. The van der Waals surface area contributed by atoms with E-state index < -0.39 is 6.04 Å². The van der Waals surface area contributed by atoms with Crippen LogP contribution in [0.25, 0.3) is 0 Å². The molecule has 0 aliphatic carbocycles. The van der Waals surface area contributed by atoms with Gasteiger partial charge in [-0.25, -0.2) is 0 Å². The minimum Gasteiger partial charge on any atom is -0.345 e. The molecule has 4 nitrogen and oxygen atoms in total. The van der Waals surface area contributed by atoms with Crippen molar-refractivity contribution in [3.63, 3.8) is 0 Å². The van der Waals surface area contributed by atoms with Gasteiger partial charge in [-0.1, -0.05) is 6.92 Å². The van der Waals surface area contributed by atoms with Gasteiger partial charge < -0.3 is 11.1 Å². The maximum Gasteiger partial charge on any atom is 0.217 e. The Bertz CT molecular complexity index is 157. The molecule has 0 aromatic rings. The Morgan fingerprint density at radius 1 is 1.55 bits per heavy atom. The van der Waals surface area contributed by atoms with Gasteiger partial charge in [0, 0.05) is 19.9 Å². The fourth-order valence-electron chi connectivity index (χ4n) is 0.763. The van der Waals surface area contributed by atoms with Gasteiger partial charge in [0.1, 0.15) is 0 Å². The van der Waals surface area contributed by atoms with E-state index in [9.17, 15) is 9.59 Å². The number of hydrogen-bond acceptors (Lipinski definition) is 3. The van der Waals surface area contributed by atoms with Gasteiger partial charge in [-0.2, -0.15) is 0 Å². The number of carbonyl (C=O) groups is 2. The summed E-state index contributed by atoms with van der Waals surface area (Å²) in [6, 6.07) is -0.502. The van der Waals surface area contributed by atoms with Crippen LogP contribution in [0.2, 0.25) is 0 Å². The lowest BCUT2D eigenvalue weighted by Gasteiger charge is -2.12. The molecule has 0 spiro atoms. The third-order valence-electron chi connectivity index (χ3n) is 1.35. The fraction of sp³-hybridized carbons (Fsp3) is 0.714. The molecule has 11 heavy (non-hydrogen) atoms. The summed E-state index contributed by atoms with van der Waals surface area (Å²) in [4.78, 5) is 21.5. The van der Waals surface area contributed by atoms with Crippen LogP contribution in [-0.2, 0) is 9.59 Å². The predicted molar refractivity (Wildman–Crippen MR) is 42.0 cm³/mol. The van der Waals surface area contributed by atoms with Crippen molar-refractivity contribution in [2.24, 2.45) is 5.73 Å². The Kier molecular flexibility index (Phi) is 4.45. The van der Waals surface area contributed by atoms with Crippen LogP contribution in [0.5, 0.6) is 0 Å². The smallest absolute Gasteiger partial charge is 0.217 e. The molecule has 0 radical (unpaired) electrons. The Morgan fingerprint density at radius 3 is 2.36 bits per heavy atom. The molecule has 0 aromatic carbocycles. The summed E-state index contributed by atoms with van der Waals surface area (Å²) in [5.41, 5.74) is 5.26. The highest BCUT2D eigenvalue weighted by Crippen LogP contribution is 1.88. The first-order valence-corrected chi connectivity index (χ1v) is 3.61. The average molecular weight is 158 g/mol. The molecule has 0 heterocycles. The molecule has 1 amide bonds. The van der Waals surface area contributed by atoms with Gasteiger partial charge in [-0.3, -0.25) is 9.59 Å². The summed E-state index contributed by atoms with van der Waals surface area (Å²) < 4.78 is 0. The average Bonchev–Trinajstić information content (AvgIpc) is 1.98. The number of nitrogens with one attached hydrogen (secondary N) is 1. The first kappa shape index (κ1) is 10.1. The minimum absolute atomic E-state index is 0.0253. The van der Waals surface area contributed by atoms with E-state index in [0.29, 0.717) is 6.42 Å². The molecule has 0 rings (SSSR count). The second kappa shape index (κ2) is 4.85. The highest BCUT2D eigenvalue weighted by Gasteiger charge is 2.14. The minimum atomic E-state index is -0.502. The van der Waals surface area contributed by atoms with Gasteiger partial charge in [0.05, 0.1) is 6.04 Å². The standard InChI is InChI=1S/C7H14N2O2/c1-3-7(11)6(4-8)9-5(2)10/h6H,3-4,8H2,1-2H3,(H,9,10). The maximum atomic E-state index is 11.0. The van der Waals surface area contributed by atoms with Crippen molar-refractivity contribution >= 4 is 11.7 Å². The van der Waals surface area contributed by atoms with Gasteiger partial charge in [0.25, 0.3) is 0 Å². The first-order chi connectivity index (χ1) is 5.11. The second-order valence-electron chi connectivity index (χ2n) is 2.31. The Hall–Kier alpha value is -0.900. The van der Waals surface area contributed by atoms with Crippen molar-refractivity contribution in [3.8, 4) is 0 Å². The van der Waals surface area contributed by atoms with Crippen molar-refractivity contribution < 1.29 is 9.59 Å². The van der Waals surface area contributed by atoms with Crippen LogP contribution < -0.4 is 11.1 Å². The number of nitrogens with two attached hydrogens (primary N) is 1. The highest BCUT2D eigenvalue weighted by molar-refractivity contribution is 5.88. The summed E-state index contributed by atoms with van der Waals surface area (Å²) in [7, 11) is 0. The van der Waals surface area contributed by atoms with Gasteiger partial charge in [-0.15, -0.1) is 0 Å². The predicted octanol–water partition coefficient (Wildman–Crippen LogP) is -0.571. The second-order valence-corrected chi connectivity index (χ2v) is 2.31. The molecule has 0 saturated carbocycles. The molecule has 3 N–H and O–H groups in total. The van der Waals surface area contributed by atoms with Crippen molar-refractivity contribution in [3.05, 3.63) is 0 Å². The lowest BCUT2D eigenvalue weighted by molar-refractivity contribution is -0.126. The maximum absolute atomic E-state index is 11.0. The van der Waals surface area contributed by atoms with Crippen molar-refractivity contribution in [1.82, 2.24) is 5.32 Å². The summed E-state index contributed by atoms with van der Waals surface area (Å²) in [5, 5.41) is 2.47. The third kappa shape index (κ3) is 3.72. The van der Waals surface area contributed by atoms with E-state index in [1.807, 2.05) is 0 Å². The number of rotatable bonds is 4. The van der Waals surface area contributed by atoms with E-state index in [0.717, 1.165) is 0 Å². The van der Waals surface area contributed by atoms with Gasteiger partial charge in [0.2, 0.25) is 5.91 Å². The van der Waals surface area contributed by atoms with Crippen LogP contribution in [-0.4, -0.2) is 24.3 Å². The van der Waals surface area contributed by atoms with Crippen LogP contribution in [0, 0.1) is 0 Å². The summed E-state index contributed by atoms with van der Waals surface area (Å²) in [6.07, 6.45) is 0.405. The molecule has 0 aliphatic heterocycles. The molecule has 0 aromatic heterocycles.